The molecular formula is C23H32N4O5. The van der Waals surface area contributed by atoms with Crippen LogP contribution in [0.5, 0.6) is 5.75 Å². The SMILES string of the molecule is C/C=C\C=CC(N(C)OCCCC(=O)O)N(C)OC(=N)c1ccc(OC(C)C)c(C#N)c1. The monoisotopic (exact) mass is 444 g/mol. The van der Waals surface area contributed by atoms with Crippen LogP contribution in [-0.4, -0.2) is 60.1 Å². The molecule has 9 nitrogen and oxygen atoms in total. The number of ether oxygens (including phenoxy) is 1. The Hall–Kier alpha value is -3.19. The van der Waals surface area contributed by atoms with Crippen molar-refractivity contribution in [2.45, 2.75) is 45.9 Å². The molecular weight excluding hydrogens is 412 g/mol. The van der Waals surface area contributed by atoms with Gasteiger partial charge in [-0.15, -0.1) is 5.06 Å². The van der Waals surface area contributed by atoms with E-state index in [-0.39, 0.29) is 25.0 Å². The Morgan fingerprint density at radius 2 is 2.00 bits per heavy atom. The Morgan fingerprint density at radius 1 is 1.28 bits per heavy atom. The maximum atomic E-state index is 10.7. The lowest BCUT2D eigenvalue weighted by molar-refractivity contribution is -0.236. The molecule has 1 aromatic rings. The van der Waals surface area contributed by atoms with Gasteiger partial charge in [0.05, 0.1) is 18.3 Å². The molecule has 0 aliphatic carbocycles. The largest absolute Gasteiger partial charge is 0.490 e. The molecule has 0 radical (unpaired) electrons. The Kier molecular flexibility index (Phi) is 11.7. The van der Waals surface area contributed by atoms with Gasteiger partial charge >= 0.3 is 5.97 Å². The van der Waals surface area contributed by atoms with E-state index in [0.717, 1.165) is 0 Å². The number of aliphatic carboxylic acids is 1. The number of carbonyl (C=O) groups is 1. The third-order valence-electron chi connectivity index (χ3n) is 4.12. The zero-order valence-corrected chi connectivity index (χ0v) is 19.2. The van der Waals surface area contributed by atoms with E-state index in [4.69, 9.17) is 24.9 Å². The Bertz CT molecular complexity index is 860. The minimum Gasteiger partial charge on any atom is -0.490 e. The molecule has 0 spiro atoms. The molecule has 32 heavy (non-hydrogen) atoms. The minimum absolute atomic E-state index is 0.0155. The Morgan fingerprint density at radius 3 is 2.59 bits per heavy atom. The van der Waals surface area contributed by atoms with Crippen molar-refractivity contribution in [2.24, 2.45) is 0 Å². The van der Waals surface area contributed by atoms with Crippen LogP contribution < -0.4 is 4.74 Å². The summed E-state index contributed by atoms with van der Waals surface area (Å²) in [4.78, 5) is 22.0. The summed E-state index contributed by atoms with van der Waals surface area (Å²) in [6, 6.07) is 6.93. The van der Waals surface area contributed by atoms with Crippen molar-refractivity contribution in [1.82, 2.24) is 10.1 Å². The van der Waals surface area contributed by atoms with Crippen LogP contribution in [0.2, 0.25) is 0 Å². The van der Waals surface area contributed by atoms with Gasteiger partial charge < -0.3 is 14.7 Å². The van der Waals surface area contributed by atoms with Crippen molar-refractivity contribution in [1.29, 1.82) is 10.7 Å². The van der Waals surface area contributed by atoms with Crippen LogP contribution in [0.3, 0.4) is 0 Å². The second kappa shape index (κ2) is 14.0. The van der Waals surface area contributed by atoms with Gasteiger partial charge in [0.25, 0.3) is 0 Å². The van der Waals surface area contributed by atoms with Crippen molar-refractivity contribution >= 4 is 11.9 Å². The standard InChI is InChI=1S/C23H32N4O5/c1-6-7-8-10-21(26(4)30-14-9-11-22(28)29)27(5)32-23(25)18-12-13-20(31-17(2)3)19(15-18)16-24/h6-8,10,12-13,15,17,21,25H,9,11,14H2,1-5H3,(H,28,29)/b7-6-,10-8?,25-23?. The molecule has 0 saturated carbocycles. The van der Waals surface area contributed by atoms with Crippen LogP contribution in [0.4, 0.5) is 0 Å². The molecule has 0 aromatic heterocycles. The number of carboxylic acid groups (broad SMARTS) is 1. The van der Waals surface area contributed by atoms with Gasteiger partial charge in [-0.3, -0.25) is 15.0 Å². The number of benzene rings is 1. The molecule has 1 aromatic carbocycles. The number of hydroxylamine groups is 4. The van der Waals surface area contributed by atoms with Gasteiger partial charge in [-0.05, 0) is 51.5 Å². The molecule has 0 saturated heterocycles. The molecule has 0 aliphatic heterocycles. The third kappa shape index (κ3) is 9.31. The number of hydrogen-bond donors (Lipinski definition) is 2. The highest BCUT2D eigenvalue weighted by atomic mass is 16.7. The van der Waals surface area contributed by atoms with Crippen molar-refractivity contribution in [3.8, 4) is 11.8 Å². The molecule has 174 valence electrons. The normalized spacial score (nSPS) is 12.6. The second-order valence-corrected chi connectivity index (χ2v) is 7.16. The van der Waals surface area contributed by atoms with E-state index in [9.17, 15) is 10.1 Å². The summed E-state index contributed by atoms with van der Waals surface area (Å²) in [5.41, 5.74) is 0.737. The average Bonchev–Trinajstić information content (AvgIpc) is 2.73. The van der Waals surface area contributed by atoms with Crippen molar-refractivity contribution in [3.05, 3.63) is 53.6 Å². The Labute approximate surface area is 189 Å². The first kappa shape index (κ1) is 26.8. The third-order valence-corrected chi connectivity index (χ3v) is 4.12. The van der Waals surface area contributed by atoms with E-state index in [1.807, 2.05) is 45.1 Å². The lowest BCUT2D eigenvalue weighted by Gasteiger charge is -2.31. The first-order valence-electron chi connectivity index (χ1n) is 10.3. The van der Waals surface area contributed by atoms with Gasteiger partial charge in [-0.2, -0.15) is 10.3 Å². The highest BCUT2D eigenvalue weighted by Crippen LogP contribution is 2.21. The molecule has 0 amide bonds. The number of nitrogens with zero attached hydrogens (tertiary/aromatic N) is 3. The second-order valence-electron chi connectivity index (χ2n) is 7.16. The molecule has 0 fully saturated rings. The molecule has 0 heterocycles. The number of hydrogen-bond acceptors (Lipinski definition) is 8. The van der Waals surface area contributed by atoms with Crippen molar-refractivity contribution < 1.29 is 24.3 Å². The summed E-state index contributed by atoms with van der Waals surface area (Å²) < 4.78 is 5.62. The number of likely N-dealkylation sites (N-methyl/N-ethyl adjacent to an activating group) is 2. The van der Waals surface area contributed by atoms with Crippen LogP contribution in [0.1, 0.15) is 44.7 Å². The number of rotatable bonds is 13. The van der Waals surface area contributed by atoms with Gasteiger partial charge in [0.2, 0.25) is 5.90 Å². The maximum absolute atomic E-state index is 10.7. The summed E-state index contributed by atoms with van der Waals surface area (Å²) in [7, 11) is 3.35. The zero-order valence-electron chi connectivity index (χ0n) is 19.2. The van der Waals surface area contributed by atoms with Crippen LogP contribution in [0.25, 0.3) is 0 Å². The number of nitrogens with one attached hydrogen (secondary N) is 1. The zero-order chi connectivity index (χ0) is 24.1. The van der Waals surface area contributed by atoms with E-state index in [1.165, 1.54) is 10.1 Å². The van der Waals surface area contributed by atoms with Crippen molar-refractivity contribution in [3.63, 3.8) is 0 Å². The smallest absolute Gasteiger partial charge is 0.303 e. The number of nitriles is 1. The predicted molar refractivity (Wildman–Crippen MR) is 121 cm³/mol. The van der Waals surface area contributed by atoms with Gasteiger partial charge in [0.1, 0.15) is 18.0 Å². The van der Waals surface area contributed by atoms with E-state index in [0.29, 0.717) is 23.3 Å². The first-order chi connectivity index (χ1) is 15.2. The molecule has 2 N–H and O–H groups in total. The van der Waals surface area contributed by atoms with Gasteiger partial charge in [0.15, 0.2) is 0 Å². The lowest BCUT2D eigenvalue weighted by Crippen LogP contribution is -2.44. The summed E-state index contributed by atoms with van der Waals surface area (Å²) in [6.45, 7) is 5.86. The minimum atomic E-state index is -0.878. The summed E-state index contributed by atoms with van der Waals surface area (Å²) >= 11 is 0. The fourth-order valence-electron chi connectivity index (χ4n) is 2.62. The highest BCUT2D eigenvalue weighted by Gasteiger charge is 2.21. The molecule has 1 atom stereocenters. The predicted octanol–water partition coefficient (Wildman–Crippen LogP) is 3.72. The molecule has 0 bridgehead atoms. The topological polar surface area (TPSA) is 119 Å². The molecule has 1 rings (SSSR count). The molecule has 9 heteroatoms. The van der Waals surface area contributed by atoms with Gasteiger partial charge in [-0.25, -0.2) is 0 Å². The van der Waals surface area contributed by atoms with E-state index in [2.05, 4.69) is 6.07 Å². The molecule has 0 aliphatic rings. The Balaban J connectivity index is 2.91. The summed E-state index contributed by atoms with van der Waals surface area (Å²) in [5.74, 6) is -0.575. The maximum Gasteiger partial charge on any atom is 0.303 e. The lowest BCUT2D eigenvalue weighted by atomic mass is 10.1. The van der Waals surface area contributed by atoms with Crippen LogP contribution in [-0.2, 0) is 14.5 Å². The van der Waals surface area contributed by atoms with E-state index >= 15 is 0 Å². The van der Waals surface area contributed by atoms with Crippen LogP contribution in [0.15, 0.2) is 42.5 Å². The van der Waals surface area contributed by atoms with Crippen LogP contribution in [0, 0.1) is 16.7 Å². The fourth-order valence-corrected chi connectivity index (χ4v) is 2.62. The fraction of sp³-hybridized carbons (Fsp3) is 0.435. The number of carboxylic acids is 1. The van der Waals surface area contributed by atoms with E-state index < -0.39 is 12.1 Å². The van der Waals surface area contributed by atoms with Crippen molar-refractivity contribution in [2.75, 3.05) is 20.7 Å². The molecule has 1 unspecified atom stereocenters. The van der Waals surface area contributed by atoms with Gasteiger partial charge in [0, 0.05) is 26.1 Å². The first-order valence-corrected chi connectivity index (χ1v) is 10.3. The van der Waals surface area contributed by atoms with Gasteiger partial charge in [-0.1, -0.05) is 18.2 Å². The highest BCUT2D eigenvalue weighted by molar-refractivity contribution is 5.92. The summed E-state index contributed by atoms with van der Waals surface area (Å²) in [5, 5.41) is 29.5. The summed E-state index contributed by atoms with van der Waals surface area (Å²) in [6.07, 6.45) is 7.14. The van der Waals surface area contributed by atoms with E-state index in [1.54, 1.807) is 32.3 Å². The van der Waals surface area contributed by atoms with Crippen LogP contribution >= 0.6 is 0 Å². The quantitative estimate of drug-likeness (QED) is 0.118. The average molecular weight is 445 g/mol. The number of allylic oxidation sites excluding steroid dienone is 3.